The minimum Gasteiger partial charge on any atom is -0.389 e. The van der Waals surface area contributed by atoms with Gasteiger partial charge in [0.15, 0.2) is 0 Å². The van der Waals surface area contributed by atoms with E-state index >= 15 is 0 Å². The third kappa shape index (κ3) is 4.00. The van der Waals surface area contributed by atoms with Crippen molar-refractivity contribution in [1.29, 1.82) is 0 Å². The van der Waals surface area contributed by atoms with Crippen LogP contribution in [0.25, 0.3) is 0 Å². The Bertz CT molecular complexity index is 513. The Labute approximate surface area is 123 Å². The van der Waals surface area contributed by atoms with E-state index in [4.69, 9.17) is 18.0 Å². The average Bonchev–Trinajstić information content (AvgIpc) is 2.91. The molecule has 1 aliphatic rings. The fourth-order valence-corrected chi connectivity index (χ4v) is 2.81. The van der Waals surface area contributed by atoms with Gasteiger partial charge in [-0.1, -0.05) is 37.9 Å². The van der Waals surface area contributed by atoms with Crippen molar-refractivity contribution in [2.24, 2.45) is 11.7 Å². The van der Waals surface area contributed by atoms with E-state index in [9.17, 15) is 9.18 Å². The Morgan fingerprint density at radius 1 is 1.40 bits per heavy atom. The summed E-state index contributed by atoms with van der Waals surface area (Å²) >= 11 is 4.77. The van der Waals surface area contributed by atoms with Crippen LogP contribution in [-0.4, -0.2) is 10.9 Å². The van der Waals surface area contributed by atoms with E-state index in [-0.39, 0.29) is 16.5 Å². The lowest BCUT2D eigenvalue weighted by atomic mass is 10.0. The number of rotatable bonds is 5. The van der Waals surface area contributed by atoms with E-state index in [0.717, 1.165) is 6.42 Å². The molecule has 1 saturated carbocycles. The van der Waals surface area contributed by atoms with E-state index in [1.54, 1.807) is 0 Å². The van der Waals surface area contributed by atoms with Crippen LogP contribution in [0.4, 0.5) is 10.1 Å². The largest absolute Gasteiger partial charge is 0.389 e. The molecule has 0 aliphatic heterocycles. The first-order chi connectivity index (χ1) is 9.56. The summed E-state index contributed by atoms with van der Waals surface area (Å²) in [6.45, 7) is 0. The van der Waals surface area contributed by atoms with Gasteiger partial charge in [-0.2, -0.15) is 0 Å². The highest BCUT2D eigenvalue weighted by molar-refractivity contribution is 7.80. The molecule has 3 N–H and O–H groups in total. The molecule has 0 radical (unpaired) electrons. The van der Waals surface area contributed by atoms with Crippen molar-refractivity contribution in [3.05, 3.63) is 29.6 Å². The minimum absolute atomic E-state index is 0.00967. The second kappa shape index (κ2) is 6.79. The predicted octanol–water partition coefficient (Wildman–Crippen LogP) is 3.37. The van der Waals surface area contributed by atoms with Crippen molar-refractivity contribution in [3.63, 3.8) is 0 Å². The van der Waals surface area contributed by atoms with E-state index in [2.05, 4.69) is 5.32 Å². The summed E-state index contributed by atoms with van der Waals surface area (Å²) in [5, 5.41) is 2.77. The van der Waals surface area contributed by atoms with Gasteiger partial charge in [0.2, 0.25) is 5.91 Å². The van der Waals surface area contributed by atoms with Gasteiger partial charge in [-0.3, -0.25) is 4.79 Å². The van der Waals surface area contributed by atoms with Crippen molar-refractivity contribution in [2.45, 2.75) is 38.5 Å². The molecule has 0 saturated heterocycles. The molecule has 1 amide bonds. The van der Waals surface area contributed by atoms with Gasteiger partial charge in [-0.25, -0.2) is 4.39 Å². The van der Waals surface area contributed by atoms with E-state index in [1.165, 1.54) is 43.9 Å². The SMILES string of the molecule is NC(=S)c1cc(NC(=O)CCC2CCCC2)ccc1F. The Kier molecular flexibility index (Phi) is 5.06. The third-order valence-corrected chi connectivity index (χ3v) is 3.99. The number of hydrogen-bond donors (Lipinski definition) is 2. The summed E-state index contributed by atoms with van der Waals surface area (Å²) in [7, 11) is 0. The highest BCUT2D eigenvalue weighted by Crippen LogP contribution is 2.28. The fraction of sp³-hybridized carbons (Fsp3) is 0.467. The topological polar surface area (TPSA) is 55.1 Å². The van der Waals surface area contributed by atoms with Crippen molar-refractivity contribution in [2.75, 3.05) is 5.32 Å². The van der Waals surface area contributed by atoms with Gasteiger partial charge in [-0.05, 0) is 30.5 Å². The summed E-state index contributed by atoms with van der Waals surface area (Å²) in [6, 6.07) is 4.26. The summed E-state index contributed by atoms with van der Waals surface area (Å²) in [4.78, 5) is 11.9. The molecule has 20 heavy (non-hydrogen) atoms. The molecule has 0 atom stereocenters. The van der Waals surface area contributed by atoms with Crippen molar-refractivity contribution in [3.8, 4) is 0 Å². The zero-order chi connectivity index (χ0) is 14.5. The lowest BCUT2D eigenvalue weighted by molar-refractivity contribution is -0.116. The van der Waals surface area contributed by atoms with Crippen LogP contribution in [-0.2, 0) is 4.79 Å². The summed E-state index contributed by atoms with van der Waals surface area (Å²) < 4.78 is 13.4. The molecule has 5 heteroatoms. The molecule has 0 unspecified atom stereocenters. The summed E-state index contributed by atoms with van der Waals surface area (Å²) in [5.74, 6) is 0.167. The number of hydrogen-bond acceptors (Lipinski definition) is 2. The van der Waals surface area contributed by atoms with Crippen LogP contribution in [0.5, 0.6) is 0 Å². The monoisotopic (exact) mass is 294 g/mol. The summed E-state index contributed by atoms with van der Waals surface area (Å²) in [5.41, 5.74) is 6.13. The average molecular weight is 294 g/mol. The smallest absolute Gasteiger partial charge is 0.224 e. The first-order valence-electron chi connectivity index (χ1n) is 6.95. The Morgan fingerprint density at radius 2 is 2.10 bits per heavy atom. The number of thiocarbonyl (C=S) groups is 1. The summed E-state index contributed by atoms with van der Waals surface area (Å²) in [6.07, 6.45) is 6.45. The van der Waals surface area contributed by atoms with Crippen LogP contribution in [0.3, 0.4) is 0 Å². The Morgan fingerprint density at radius 3 is 2.75 bits per heavy atom. The first kappa shape index (κ1) is 14.9. The van der Waals surface area contributed by atoms with Gasteiger partial charge >= 0.3 is 0 Å². The van der Waals surface area contributed by atoms with Crippen LogP contribution < -0.4 is 11.1 Å². The molecule has 2 rings (SSSR count). The van der Waals surface area contributed by atoms with Gasteiger partial charge in [-0.15, -0.1) is 0 Å². The second-order valence-corrected chi connectivity index (χ2v) is 5.74. The van der Waals surface area contributed by atoms with E-state index in [1.807, 2.05) is 0 Å². The van der Waals surface area contributed by atoms with E-state index < -0.39 is 5.82 Å². The standard InChI is InChI=1S/C15H19FN2OS/c16-13-7-6-11(9-12(13)15(17)20)18-14(19)8-5-10-3-1-2-4-10/h6-7,9-10H,1-5,8H2,(H2,17,20)(H,18,19). The van der Waals surface area contributed by atoms with Crippen LogP contribution >= 0.6 is 12.2 Å². The molecule has 1 fully saturated rings. The Hall–Kier alpha value is -1.49. The molecular formula is C15H19FN2OS. The first-order valence-corrected chi connectivity index (χ1v) is 7.36. The molecule has 0 aromatic heterocycles. The molecule has 1 aromatic carbocycles. The zero-order valence-electron chi connectivity index (χ0n) is 11.3. The molecule has 0 bridgehead atoms. The van der Waals surface area contributed by atoms with Crippen molar-refractivity contribution < 1.29 is 9.18 Å². The quantitative estimate of drug-likeness (QED) is 0.819. The third-order valence-electron chi connectivity index (χ3n) is 3.77. The van der Waals surface area contributed by atoms with Crippen LogP contribution in [0.1, 0.15) is 44.1 Å². The molecule has 0 spiro atoms. The molecular weight excluding hydrogens is 275 g/mol. The number of anilines is 1. The number of nitrogens with one attached hydrogen (secondary N) is 1. The maximum atomic E-state index is 13.4. The lowest BCUT2D eigenvalue weighted by Gasteiger charge is -2.10. The maximum absolute atomic E-state index is 13.4. The van der Waals surface area contributed by atoms with Crippen molar-refractivity contribution >= 4 is 28.8 Å². The molecule has 3 nitrogen and oxygen atoms in total. The minimum atomic E-state index is -0.471. The fourth-order valence-electron chi connectivity index (χ4n) is 2.65. The normalized spacial score (nSPS) is 15.2. The number of halogens is 1. The second-order valence-electron chi connectivity index (χ2n) is 5.30. The van der Waals surface area contributed by atoms with Gasteiger partial charge in [0.05, 0.1) is 0 Å². The molecule has 0 heterocycles. The van der Waals surface area contributed by atoms with Crippen LogP contribution in [0.15, 0.2) is 18.2 Å². The number of amides is 1. The van der Waals surface area contributed by atoms with Crippen LogP contribution in [0, 0.1) is 11.7 Å². The van der Waals surface area contributed by atoms with Gasteiger partial charge in [0.1, 0.15) is 10.8 Å². The number of carbonyl (C=O) groups excluding carboxylic acids is 1. The number of nitrogens with two attached hydrogens (primary N) is 1. The number of carbonyl (C=O) groups is 1. The number of benzene rings is 1. The highest BCUT2D eigenvalue weighted by atomic mass is 32.1. The van der Waals surface area contributed by atoms with Crippen LogP contribution in [0.2, 0.25) is 0 Å². The predicted molar refractivity (Wildman–Crippen MR) is 82.1 cm³/mol. The van der Waals surface area contributed by atoms with E-state index in [0.29, 0.717) is 18.0 Å². The highest BCUT2D eigenvalue weighted by Gasteiger charge is 2.16. The maximum Gasteiger partial charge on any atom is 0.224 e. The lowest BCUT2D eigenvalue weighted by Crippen LogP contribution is -2.15. The van der Waals surface area contributed by atoms with Crippen molar-refractivity contribution in [1.82, 2.24) is 0 Å². The molecule has 1 aromatic rings. The zero-order valence-corrected chi connectivity index (χ0v) is 12.1. The van der Waals surface area contributed by atoms with Gasteiger partial charge in [0.25, 0.3) is 0 Å². The molecule has 108 valence electrons. The van der Waals surface area contributed by atoms with Gasteiger partial charge < -0.3 is 11.1 Å². The van der Waals surface area contributed by atoms with Gasteiger partial charge in [0, 0.05) is 17.7 Å². The Balaban J connectivity index is 1.90. The molecule has 1 aliphatic carbocycles.